The number of thiophene rings is 1. The van der Waals surface area contributed by atoms with E-state index in [1.807, 2.05) is 16.3 Å². The third-order valence-corrected chi connectivity index (χ3v) is 7.54. The smallest absolute Gasteiger partial charge is 0.254 e. The van der Waals surface area contributed by atoms with Gasteiger partial charge in [-0.3, -0.25) is 9.59 Å². The van der Waals surface area contributed by atoms with Crippen LogP contribution in [0.2, 0.25) is 0 Å². The van der Waals surface area contributed by atoms with Crippen molar-refractivity contribution in [2.45, 2.75) is 32.7 Å². The van der Waals surface area contributed by atoms with Crippen LogP contribution in [0.25, 0.3) is 0 Å². The number of nitrogens with zero attached hydrogens (tertiary/aromatic N) is 2. The average Bonchev–Trinajstić information content (AvgIpc) is 3.39. The normalized spacial score (nSPS) is 14.8. The maximum absolute atomic E-state index is 13.7. The second kappa shape index (κ2) is 12.2. The highest BCUT2D eigenvalue weighted by Gasteiger charge is 2.33. The summed E-state index contributed by atoms with van der Waals surface area (Å²) in [6.45, 7) is 5.46. The van der Waals surface area contributed by atoms with Crippen LogP contribution in [-0.2, 0) is 11.2 Å². The average molecular weight is 525 g/mol. The highest BCUT2D eigenvalue weighted by atomic mass is 32.1. The molecule has 0 saturated carbocycles. The van der Waals surface area contributed by atoms with Gasteiger partial charge in [-0.15, -0.1) is 11.3 Å². The lowest BCUT2D eigenvalue weighted by atomic mass is 10.00. The van der Waals surface area contributed by atoms with Crippen LogP contribution >= 0.6 is 11.3 Å². The van der Waals surface area contributed by atoms with Crippen LogP contribution in [0, 0.1) is 11.7 Å². The SMILES string of the molecule is COc1cccc(C(=O)N(CCC(C)C)CC(=O)N2CCc3sccc3[C@@H]2COc2ccc(F)cc2)c1. The quantitative estimate of drug-likeness (QED) is 0.347. The zero-order valence-corrected chi connectivity index (χ0v) is 22.3. The lowest BCUT2D eigenvalue weighted by molar-refractivity contribution is -0.135. The molecule has 2 aromatic carbocycles. The van der Waals surface area contributed by atoms with Crippen LogP contribution in [-0.4, -0.2) is 55.0 Å². The van der Waals surface area contributed by atoms with Crippen molar-refractivity contribution in [2.24, 2.45) is 5.92 Å². The molecule has 2 amide bonds. The molecule has 1 atom stereocenters. The summed E-state index contributed by atoms with van der Waals surface area (Å²) < 4.78 is 24.6. The summed E-state index contributed by atoms with van der Waals surface area (Å²) in [6, 6.07) is 14.6. The van der Waals surface area contributed by atoms with E-state index in [2.05, 4.69) is 13.8 Å². The van der Waals surface area contributed by atoms with E-state index in [0.29, 0.717) is 36.1 Å². The number of fused-ring (bicyclic) bond motifs is 1. The largest absolute Gasteiger partial charge is 0.497 e. The lowest BCUT2D eigenvalue weighted by Crippen LogP contribution is -2.48. The molecule has 8 heteroatoms. The minimum absolute atomic E-state index is 0.0186. The predicted molar refractivity (Wildman–Crippen MR) is 143 cm³/mol. The van der Waals surface area contributed by atoms with Crippen LogP contribution in [0.4, 0.5) is 4.39 Å². The summed E-state index contributed by atoms with van der Waals surface area (Å²) in [5.41, 5.74) is 1.56. The molecule has 4 rings (SSSR count). The minimum Gasteiger partial charge on any atom is -0.497 e. The van der Waals surface area contributed by atoms with Gasteiger partial charge in [0.25, 0.3) is 5.91 Å². The summed E-state index contributed by atoms with van der Waals surface area (Å²) >= 11 is 1.68. The topological polar surface area (TPSA) is 59.1 Å². The molecule has 1 aliphatic heterocycles. The summed E-state index contributed by atoms with van der Waals surface area (Å²) in [5, 5.41) is 2.03. The van der Waals surface area contributed by atoms with Crippen LogP contribution in [0.15, 0.2) is 60.0 Å². The maximum Gasteiger partial charge on any atom is 0.254 e. The first-order valence-electron chi connectivity index (χ1n) is 12.5. The Kier molecular flexibility index (Phi) is 8.82. The van der Waals surface area contributed by atoms with Gasteiger partial charge in [-0.25, -0.2) is 4.39 Å². The van der Waals surface area contributed by atoms with Gasteiger partial charge in [0.2, 0.25) is 5.91 Å². The first-order valence-corrected chi connectivity index (χ1v) is 13.4. The number of methoxy groups -OCH3 is 1. The van der Waals surface area contributed by atoms with Gasteiger partial charge in [-0.05, 0) is 78.2 Å². The Morgan fingerprint density at radius 2 is 1.92 bits per heavy atom. The van der Waals surface area contributed by atoms with Crippen LogP contribution in [0.1, 0.15) is 47.1 Å². The van der Waals surface area contributed by atoms with Crippen molar-refractivity contribution in [2.75, 3.05) is 33.4 Å². The van der Waals surface area contributed by atoms with Gasteiger partial charge in [0, 0.05) is 23.5 Å². The number of hydrogen-bond acceptors (Lipinski definition) is 5. The molecule has 6 nitrogen and oxygen atoms in total. The molecular formula is C29H33FN2O4S. The molecule has 37 heavy (non-hydrogen) atoms. The van der Waals surface area contributed by atoms with Crippen molar-refractivity contribution in [3.63, 3.8) is 0 Å². The molecule has 0 radical (unpaired) electrons. The van der Waals surface area contributed by atoms with Gasteiger partial charge in [-0.1, -0.05) is 19.9 Å². The Balaban J connectivity index is 1.53. The maximum atomic E-state index is 13.7. The molecule has 1 aromatic heterocycles. The van der Waals surface area contributed by atoms with Crippen molar-refractivity contribution < 1.29 is 23.5 Å². The third kappa shape index (κ3) is 6.68. The van der Waals surface area contributed by atoms with Crippen molar-refractivity contribution in [1.29, 1.82) is 0 Å². The van der Waals surface area contributed by atoms with E-state index >= 15 is 0 Å². The molecule has 0 unspecified atom stereocenters. The lowest BCUT2D eigenvalue weighted by Gasteiger charge is -2.37. The number of amides is 2. The number of carbonyl (C=O) groups excluding carboxylic acids is 2. The first-order chi connectivity index (χ1) is 17.9. The van der Waals surface area contributed by atoms with Gasteiger partial charge < -0.3 is 19.3 Å². The van der Waals surface area contributed by atoms with Crippen LogP contribution < -0.4 is 9.47 Å². The van der Waals surface area contributed by atoms with E-state index in [1.165, 1.54) is 17.0 Å². The summed E-state index contributed by atoms with van der Waals surface area (Å²) in [5.74, 6) is 0.882. The van der Waals surface area contributed by atoms with Crippen molar-refractivity contribution in [3.05, 3.63) is 81.8 Å². The van der Waals surface area contributed by atoms with E-state index < -0.39 is 0 Å². The fraction of sp³-hybridized carbons (Fsp3) is 0.379. The first kappa shape index (κ1) is 26.7. The van der Waals surface area contributed by atoms with Gasteiger partial charge in [-0.2, -0.15) is 0 Å². The minimum atomic E-state index is -0.330. The fourth-order valence-corrected chi connectivity index (χ4v) is 5.37. The van der Waals surface area contributed by atoms with Gasteiger partial charge in [0.05, 0.1) is 13.2 Å². The Morgan fingerprint density at radius 3 is 2.65 bits per heavy atom. The molecule has 0 saturated heterocycles. The molecule has 1 aliphatic rings. The highest BCUT2D eigenvalue weighted by molar-refractivity contribution is 7.10. The molecule has 0 aliphatic carbocycles. The molecule has 3 aromatic rings. The monoisotopic (exact) mass is 524 g/mol. The summed E-state index contributed by atoms with van der Waals surface area (Å²) in [6.07, 6.45) is 1.55. The molecule has 2 heterocycles. The second-order valence-corrected chi connectivity index (χ2v) is 10.6. The Labute approximate surface area is 221 Å². The standard InChI is InChI=1S/C29H33FN2O4S/c1-20(2)11-14-31(29(34)21-5-4-6-24(17-21)35-3)18-28(33)32-15-12-27-25(13-16-37-27)26(32)19-36-23-9-7-22(30)8-10-23/h4-10,13,16-17,20,26H,11-12,14-15,18-19H2,1-3H3/t26-/m0/s1. The Hall–Kier alpha value is -3.39. The van der Waals surface area contributed by atoms with Gasteiger partial charge in [0.1, 0.15) is 30.5 Å². The fourth-order valence-electron chi connectivity index (χ4n) is 4.44. The van der Waals surface area contributed by atoms with E-state index in [0.717, 1.165) is 18.4 Å². The van der Waals surface area contributed by atoms with E-state index in [-0.39, 0.29) is 36.8 Å². The van der Waals surface area contributed by atoms with Gasteiger partial charge >= 0.3 is 0 Å². The van der Waals surface area contributed by atoms with Crippen LogP contribution in [0.5, 0.6) is 11.5 Å². The number of benzene rings is 2. The Bertz CT molecular complexity index is 1210. The third-order valence-electron chi connectivity index (χ3n) is 6.54. The van der Waals surface area contributed by atoms with E-state index in [1.54, 1.807) is 59.7 Å². The van der Waals surface area contributed by atoms with Crippen LogP contribution in [0.3, 0.4) is 0 Å². The number of rotatable bonds is 10. The summed E-state index contributed by atoms with van der Waals surface area (Å²) in [7, 11) is 1.56. The zero-order valence-electron chi connectivity index (χ0n) is 21.5. The van der Waals surface area contributed by atoms with Crippen molar-refractivity contribution >= 4 is 23.2 Å². The highest BCUT2D eigenvalue weighted by Crippen LogP contribution is 2.34. The van der Waals surface area contributed by atoms with Crippen molar-refractivity contribution in [3.8, 4) is 11.5 Å². The molecule has 0 spiro atoms. The molecule has 0 bridgehead atoms. The molecular weight excluding hydrogens is 491 g/mol. The summed E-state index contributed by atoms with van der Waals surface area (Å²) in [4.78, 5) is 31.9. The Morgan fingerprint density at radius 1 is 1.14 bits per heavy atom. The number of carbonyl (C=O) groups is 2. The number of halogens is 1. The van der Waals surface area contributed by atoms with E-state index in [9.17, 15) is 14.0 Å². The molecule has 0 N–H and O–H groups in total. The molecule has 0 fully saturated rings. The van der Waals surface area contributed by atoms with Gasteiger partial charge in [0.15, 0.2) is 0 Å². The van der Waals surface area contributed by atoms with Crippen molar-refractivity contribution in [1.82, 2.24) is 9.80 Å². The molecule has 196 valence electrons. The second-order valence-electron chi connectivity index (χ2n) is 9.56. The van der Waals surface area contributed by atoms with E-state index in [4.69, 9.17) is 9.47 Å². The zero-order chi connectivity index (χ0) is 26.4. The number of hydrogen-bond donors (Lipinski definition) is 0. The number of ether oxygens (including phenoxy) is 2. The predicted octanol–water partition coefficient (Wildman–Crippen LogP) is 5.59.